The number of aliphatic hydroxyl groups excluding tert-OH is 1. The van der Waals surface area contributed by atoms with E-state index in [1.165, 1.54) is 0 Å². The van der Waals surface area contributed by atoms with Crippen LogP contribution in [0, 0.1) is 46.9 Å². The van der Waals surface area contributed by atoms with E-state index in [4.69, 9.17) is 5.11 Å². The molecule has 0 fully saturated rings. The van der Waals surface area contributed by atoms with Crippen molar-refractivity contribution in [2.45, 2.75) is 20.0 Å². The predicted molar refractivity (Wildman–Crippen MR) is 17.4 cm³/mol. The molecule has 0 atom stereocenters. The zero-order chi connectivity index (χ0) is 3.58. The minimum Gasteiger partial charge on any atom is -0.394 e. The molecule has 0 spiro atoms. The first kappa shape index (κ1) is 9.70. The zero-order valence-electron chi connectivity index (χ0n) is 3.29. The molecule has 5 heavy (non-hydrogen) atoms. The van der Waals surface area contributed by atoms with Crippen LogP contribution >= 0.6 is 0 Å². The summed E-state index contributed by atoms with van der Waals surface area (Å²) >= 11 is 0. The van der Waals surface area contributed by atoms with Crippen LogP contribution in [-0.4, -0.2) is 11.2 Å². The van der Waals surface area contributed by atoms with Crippen LogP contribution < -0.4 is 0 Å². The van der Waals surface area contributed by atoms with Crippen LogP contribution in [0.25, 0.3) is 0 Å². The summed E-state index contributed by atoms with van der Waals surface area (Å²) in [6, 6.07) is 0. The van der Waals surface area contributed by atoms with Gasteiger partial charge in [-0.05, 0) is 13.8 Å². The van der Waals surface area contributed by atoms with Crippen LogP contribution in [0.15, 0.2) is 0 Å². The van der Waals surface area contributed by atoms with Crippen molar-refractivity contribution in [1.29, 1.82) is 0 Å². The molecule has 0 aliphatic carbocycles. The molecule has 0 aromatic rings. The molecule has 0 rings (SSSR count). The van der Waals surface area contributed by atoms with E-state index >= 15 is 0 Å². The maximum atomic E-state index is 8.06. The molecule has 0 saturated carbocycles. The van der Waals surface area contributed by atoms with Gasteiger partial charge >= 0.3 is 0 Å². The smallest absolute Gasteiger partial charge is 0.0483 e. The van der Waals surface area contributed by atoms with Gasteiger partial charge < -0.3 is 5.11 Å². The molecule has 0 amide bonds. The molecule has 40 valence electrons. The molecule has 0 radical (unpaired) electrons. The van der Waals surface area contributed by atoms with E-state index in [1.54, 1.807) is 13.8 Å². The van der Waals surface area contributed by atoms with Gasteiger partial charge in [-0.3, -0.25) is 0 Å². The first-order valence-corrected chi connectivity index (χ1v) is 1.41. The summed E-state index contributed by atoms with van der Waals surface area (Å²) in [7, 11) is 0. The van der Waals surface area contributed by atoms with Gasteiger partial charge in [0, 0.05) is 53.0 Å². The van der Waals surface area contributed by atoms with Gasteiger partial charge in [-0.1, -0.05) is 0 Å². The Balaban J connectivity index is 0. The van der Waals surface area contributed by atoms with E-state index in [9.17, 15) is 0 Å². The summed E-state index contributed by atoms with van der Waals surface area (Å²) in [6.45, 7) is 3.44. The van der Waals surface area contributed by atoms with E-state index in [0.29, 0.717) is 0 Å². The molecule has 0 unspecified atom stereocenters. The molecule has 0 heterocycles. The fraction of sp³-hybridized carbons (Fsp3) is 1.00. The predicted octanol–water partition coefficient (Wildman–Crippen LogP) is 0.387. The molecule has 0 aromatic heterocycles. The molecular formula is C3H8OYb. The third kappa shape index (κ3) is 30.3. The van der Waals surface area contributed by atoms with Gasteiger partial charge in [0.2, 0.25) is 0 Å². The van der Waals surface area contributed by atoms with Gasteiger partial charge in [-0.2, -0.15) is 0 Å². The van der Waals surface area contributed by atoms with Gasteiger partial charge in [-0.25, -0.2) is 0 Å². The summed E-state index contributed by atoms with van der Waals surface area (Å²) in [5.74, 6) is 0. The van der Waals surface area contributed by atoms with Crippen LogP contribution in [-0.2, 0) is 0 Å². The summed E-state index contributed by atoms with van der Waals surface area (Å²) in [6.07, 6.45) is -0.167. The van der Waals surface area contributed by atoms with Crippen molar-refractivity contribution in [2.75, 3.05) is 0 Å². The Morgan fingerprint density at radius 2 is 1.40 bits per heavy atom. The molecule has 0 bridgehead atoms. The van der Waals surface area contributed by atoms with Gasteiger partial charge in [0.1, 0.15) is 0 Å². The van der Waals surface area contributed by atoms with Crippen molar-refractivity contribution in [3.8, 4) is 0 Å². The monoisotopic (exact) mass is 234 g/mol. The number of hydrogen-bond acceptors (Lipinski definition) is 1. The topological polar surface area (TPSA) is 20.2 Å². The van der Waals surface area contributed by atoms with Crippen molar-refractivity contribution in [3.05, 3.63) is 0 Å². The molecule has 1 nitrogen and oxygen atoms in total. The van der Waals surface area contributed by atoms with Gasteiger partial charge in [0.15, 0.2) is 0 Å². The summed E-state index contributed by atoms with van der Waals surface area (Å²) in [5, 5.41) is 8.06. The average molecular weight is 233 g/mol. The normalized spacial score (nSPS) is 7.20. The van der Waals surface area contributed by atoms with Crippen molar-refractivity contribution >= 4 is 0 Å². The van der Waals surface area contributed by atoms with E-state index in [1.807, 2.05) is 0 Å². The Morgan fingerprint density at radius 1 is 1.40 bits per heavy atom. The number of hydrogen-bond donors (Lipinski definition) is 1. The molecule has 0 aliphatic rings. The second kappa shape index (κ2) is 5.48. The second-order valence-corrected chi connectivity index (χ2v) is 1.09. The largest absolute Gasteiger partial charge is 0.394 e. The van der Waals surface area contributed by atoms with Crippen LogP contribution in [0.5, 0.6) is 0 Å². The quantitative estimate of drug-likeness (QED) is 0.641. The fourth-order valence-corrected chi connectivity index (χ4v) is 0. The summed E-state index contributed by atoms with van der Waals surface area (Å²) in [4.78, 5) is 0. The maximum absolute atomic E-state index is 8.06. The van der Waals surface area contributed by atoms with Gasteiger partial charge in [0.25, 0.3) is 0 Å². The zero-order valence-corrected chi connectivity index (χ0v) is 5.01. The Labute approximate surface area is 71.0 Å². The molecular weight excluding hydrogens is 225 g/mol. The number of aliphatic hydroxyl groups is 1. The van der Waals surface area contributed by atoms with E-state index in [2.05, 4.69) is 0 Å². The summed E-state index contributed by atoms with van der Waals surface area (Å²) < 4.78 is 0. The van der Waals surface area contributed by atoms with Crippen LogP contribution in [0.3, 0.4) is 0 Å². The molecule has 0 aromatic carbocycles. The second-order valence-electron chi connectivity index (χ2n) is 1.09. The summed E-state index contributed by atoms with van der Waals surface area (Å²) in [5.41, 5.74) is 0. The Hall–Kier alpha value is 1.48. The standard InChI is InChI=1S/C3H8O.Yb/c1-3(2)4;/h3-4H,1-2H3;. The SMILES string of the molecule is CC(C)O.[Yb]. The third-order valence-corrected chi connectivity index (χ3v) is 0. The minimum absolute atomic E-state index is 0. The molecule has 2 heteroatoms. The van der Waals surface area contributed by atoms with Crippen LogP contribution in [0.1, 0.15) is 13.8 Å². The molecule has 0 aliphatic heterocycles. The molecule has 0 saturated heterocycles. The van der Waals surface area contributed by atoms with Crippen molar-refractivity contribution in [3.63, 3.8) is 0 Å². The third-order valence-electron chi connectivity index (χ3n) is 0. The average Bonchev–Trinajstić information content (AvgIpc) is 0.811. The maximum Gasteiger partial charge on any atom is 0.0483 e. The fourth-order valence-electron chi connectivity index (χ4n) is 0. The van der Waals surface area contributed by atoms with Gasteiger partial charge in [0.05, 0.1) is 0 Å². The Bertz CT molecular complexity index is 11.6. The minimum atomic E-state index is -0.167. The van der Waals surface area contributed by atoms with Crippen molar-refractivity contribution in [1.82, 2.24) is 0 Å². The van der Waals surface area contributed by atoms with Crippen LogP contribution in [0.2, 0.25) is 0 Å². The van der Waals surface area contributed by atoms with E-state index in [-0.39, 0.29) is 53.0 Å². The van der Waals surface area contributed by atoms with Gasteiger partial charge in [-0.15, -0.1) is 0 Å². The first-order valence-electron chi connectivity index (χ1n) is 1.41. The van der Waals surface area contributed by atoms with Crippen LogP contribution in [0.4, 0.5) is 0 Å². The van der Waals surface area contributed by atoms with Crippen molar-refractivity contribution < 1.29 is 52.0 Å². The van der Waals surface area contributed by atoms with E-state index < -0.39 is 0 Å². The Kier molecular flexibility index (Phi) is 10.6. The van der Waals surface area contributed by atoms with E-state index in [0.717, 1.165) is 0 Å². The first-order chi connectivity index (χ1) is 1.73. The molecule has 1 N–H and O–H groups in total. The number of rotatable bonds is 0. The van der Waals surface area contributed by atoms with Crippen molar-refractivity contribution in [2.24, 2.45) is 0 Å². The Morgan fingerprint density at radius 3 is 1.40 bits per heavy atom.